The molecule has 1 saturated carbocycles. The molecule has 4 rings (SSSR count). The van der Waals surface area contributed by atoms with Crippen LogP contribution in [0.4, 0.5) is 4.79 Å². The Balaban J connectivity index is 1.50. The van der Waals surface area contributed by atoms with Crippen LogP contribution in [0.3, 0.4) is 0 Å². The topological polar surface area (TPSA) is 80.6 Å². The van der Waals surface area contributed by atoms with Gasteiger partial charge in [-0.2, -0.15) is 0 Å². The van der Waals surface area contributed by atoms with Crippen LogP contribution in [0.25, 0.3) is 0 Å². The molecule has 3 heterocycles. The van der Waals surface area contributed by atoms with Gasteiger partial charge < -0.3 is 14.6 Å². The minimum absolute atomic E-state index is 0.186. The van der Waals surface area contributed by atoms with Gasteiger partial charge >= 0.3 is 6.03 Å². The van der Waals surface area contributed by atoms with Crippen LogP contribution < -0.4 is 5.32 Å². The zero-order valence-electron chi connectivity index (χ0n) is 16.0. The summed E-state index contributed by atoms with van der Waals surface area (Å²) < 4.78 is 7.82. The molecule has 1 aromatic heterocycles. The SMILES string of the molecule is Cc1cc(C(=O)CN2C(=O)NC3(CCCC3)C2=O)c(C)n1CC1CCCO1. The molecule has 1 unspecified atom stereocenters. The van der Waals surface area contributed by atoms with E-state index in [9.17, 15) is 14.4 Å². The summed E-state index contributed by atoms with van der Waals surface area (Å²) in [7, 11) is 0. The van der Waals surface area contributed by atoms with Crippen molar-refractivity contribution in [2.75, 3.05) is 13.2 Å². The highest BCUT2D eigenvalue weighted by molar-refractivity contribution is 6.11. The Bertz CT molecular complexity index is 785. The molecular weight excluding hydrogens is 346 g/mol. The van der Waals surface area contributed by atoms with Crippen molar-refractivity contribution in [1.29, 1.82) is 0 Å². The van der Waals surface area contributed by atoms with E-state index in [4.69, 9.17) is 4.74 Å². The lowest BCUT2D eigenvalue weighted by Crippen LogP contribution is -2.44. The Morgan fingerprint density at radius 2 is 2.00 bits per heavy atom. The van der Waals surface area contributed by atoms with Crippen LogP contribution >= 0.6 is 0 Å². The van der Waals surface area contributed by atoms with Gasteiger partial charge in [0.1, 0.15) is 5.54 Å². The Kier molecular flexibility index (Phi) is 4.58. The van der Waals surface area contributed by atoms with E-state index < -0.39 is 11.6 Å². The predicted molar refractivity (Wildman–Crippen MR) is 98.7 cm³/mol. The third-order valence-electron chi connectivity index (χ3n) is 6.29. The van der Waals surface area contributed by atoms with E-state index in [0.717, 1.165) is 55.1 Å². The first kappa shape index (κ1) is 18.2. The number of aromatic nitrogens is 1. The van der Waals surface area contributed by atoms with Crippen LogP contribution in [-0.4, -0.2) is 52.0 Å². The number of amides is 3. The van der Waals surface area contributed by atoms with Crippen molar-refractivity contribution in [2.24, 2.45) is 0 Å². The third-order valence-corrected chi connectivity index (χ3v) is 6.29. The van der Waals surface area contributed by atoms with Gasteiger partial charge in [0.05, 0.1) is 12.6 Å². The first-order valence-corrected chi connectivity index (χ1v) is 9.87. The number of ether oxygens (including phenoxy) is 1. The van der Waals surface area contributed by atoms with Gasteiger partial charge in [0, 0.05) is 30.1 Å². The van der Waals surface area contributed by atoms with Crippen LogP contribution in [0.5, 0.6) is 0 Å². The molecule has 1 atom stereocenters. The van der Waals surface area contributed by atoms with Crippen molar-refractivity contribution in [3.8, 4) is 0 Å². The van der Waals surface area contributed by atoms with Crippen LogP contribution in [0, 0.1) is 13.8 Å². The summed E-state index contributed by atoms with van der Waals surface area (Å²) >= 11 is 0. The fourth-order valence-corrected chi connectivity index (χ4v) is 4.72. The quantitative estimate of drug-likeness (QED) is 0.634. The van der Waals surface area contributed by atoms with Gasteiger partial charge in [-0.25, -0.2) is 4.79 Å². The van der Waals surface area contributed by atoms with Crippen LogP contribution in [0.15, 0.2) is 6.07 Å². The zero-order valence-corrected chi connectivity index (χ0v) is 16.0. The lowest BCUT2D eigenvalue weighted by molar-refractivity contribution is -0.130. The zero-order chi connectivity index (χ0) is 19.2. The highest BCUT2D eigenvalue weighted by Crippen LogP contribution is 2.35. The molecule has 3 amide bonds. The number of imide groups is 1. The minimum atomic E-state index is -0.770. The number of ketones is 1. The highest BCUT2D eigenvalue weighted by Gasteiger charge is 2.52. The minimum Gasteiger partial charge on any atom is -0.376 e. The van der Waals surface area contributed by atoms with E-state index in [0.29, 0.717) is 18.4 Å². The van der Waals surface area contributed by atoms with Gasteiger partial charge in [-0.15, -0.1) is 0 Å². The van der Waals surface area contributed by atoms with Gasteiger partial charge in [0.25, 0.3) is 5.91 Å². The number of carbonyl (C=O) groups is 3. The normalized spacial score (nSPS) is 24.2. The molecule has 2 saturated heterocycles. The summed E-state index contributed by atoms with van der Waals surface area (Å²) in [5.41, 5.74) is 1.68. The molecule has 0 radical (unpaired) electrons. The first-order valence-electron chi connectivity index (χ1n) is 9.87. The van der Waals surface area contributed by atoms with Gasteiger partial charge in [0.2, 0.25) is 0 Å². The Morgan fingerprint density at radius 1 is 1.26 bits per heavy atom. The van der Waals surface area contributed by atoms with Crippen LogP contribution in [0.1, 0.15) is 60.3 Å². The third kappa shape index (κ3) is 3.08. The summed E-state index contributed by atoms with van der Waals surface area (Å²) in [6.45, 7) is 5.22. The number of nitrogens with zero attached hydrogens (tertiary/aromatic N) is 2. The maximum Gasteiger partial charge on any atom is 0.325 e. The number of hydrogen-bond acceptors (Lipinski definition) is 4. The summed E-state index contributed by atoms with van der Waals surface area (Å²) in [6.07, 6.45) is 5.48. The van der Waals surface area contributed by atoms with Crippen molar-refractivity contribution < 1.29 is 19.1 Å². The molecule has 146 valence electrons. The number of carbonyl (C=O) groups excluding carboxylic acids is 3. The Morgan fingerprint density at radius 3 is 2.67 bits per heavy atom. The van der Waals surface area contributed by atoms with Crippen LogP contribution in [-0.2, 0) is 16.1 Å². The number of urea groups is 1. The molecule has 7 heteroatoms. The maximum atomic E-state index is 12.9. The van der Waals surface area contributed by atoms with E-state index in [2.05, 4.69) is 9.88 Å². The van der Waals surface area contributed by atoms with Gasteiger partial charge in [-0.3, -0.25) is 14.5 Å². The predicted octanol–water partition coefficient (Wildman–Crippen LogP) is 2.33. The van der Waals surface area contributed by atoms with E-state index in [-0.39, 0.29) is 24.3 Å². The molecule has 3 fully saturated rings. The largest absolute Gasteiger partial charge is 0.376 e. The summed E-state index contributed by atoms with van der Waals surface area (Å²) in [4.78, 5) is 39.1. The fourth-order valence-electron chi connectivity index (χ4n) is 4.72. The van der Waals surface area contributed by atoms with Crippen molar-refractivity contribution >= 4 is 17.7 Å². The molecular formula is C20H27N3O4. The van der Waals surface area contributed by atoms with Gasteiger partial charge in [0.15, 0.2) is 5.78 Å². The van der Waals surface area contributed by atoms with E-state index >= 15 is 0 Å². The molecule has 2 aliphatic heterocycles. The number of hydrogen-bond donors (Lipinski definition) is 1. The second-order valence-corrected chi connectivity index (χ2v) is 8.06. The summed E-state index contributed by atoms with van der Waals surface area (Å²) in [5.74, 6) is -0.438. The smallest absolute Gasteiger partial charge is 0.325 e. The van der Waals surface area contributed by atoms with Crippen molar-refractivity contribution in [1.82, 2.24) is 14.8 Å². The lowest BCUT2D eigenvalue weighted by atomic mass is 9.98. The second-order valence-electron chi connectivity index (χ2n) is 8.06. The molecule has 0 bridgehead atoms. The average Bonchev–Trinajstić information content (AvgIpc) is 3.40. The van der Waals surface area contributed by atoms with E-state index in [1.807, 2.05) is 19.9 Å². The van der Waals surface area contributed by atoms with Crippen LogP contribution in [0.2, 0.25) is 0 Å². The number of nitrogens with one attached hydrogen (secondary N) is 1. The fraction of sp³-hybridized carbons (Fsp3) is 0.650. The molecule has 1 aliphatic carbocycles. The molecule has 7 nitrogen and oxygen atoms in total. The average molecular weight is 373 g/mol. The molecule has 1 aromatic rings. The Labute approximate surface area is 159 Å². The van der Waals surface area contributed by atoms with E-state index in [1.54, 1.807) is 0 Å². The van der Waals surface area contributed by atoms with Gasteiger partial charge in [-0.05, 0) is 45.6 Å². The molecule has 1 spiro atoms. The number of rotatable bonds is 5. The molecule has 1 N–H and O–H groups in total. The van der Waals surface area contributed by atoms with Crippen molar-refractivity contribution in [3.63, 3.8) is 0 Å². The van der Waals surface area contributed by atoms with E-state index in [1.165, 1.54) is 0 Å². The van der Waals surface area contributed by atoms with Crippen molar-refractivity contribution in [3.05, 3.63) is 23.0 Å². The maximum absolute atomic E-state index is 12.9. The monoisotopic (exact) mass is 373 g/mol. The molecule has 0 aromatic carbocycles. The van der Waals surface area contributed by atoms with Gasteiger partial charge in [-0.1, -0.05) is 12.8 Å². The Hall–Kier alpha value is -2.15. The lowest BCUT2D eigenvalue weighted by Gasteiger charge is -2.19. The standard InChI is InChI=1S/C20H27N3O4/c1-13-10-16(14(2)22(13)11-15-6-5-9-27-15)17(24)12-23-18(25)20(21-19(23)26)7-3-4-8-20/h10,15H,3-9,11-12H2,1-2H3,(H,21,26). The molecule has 27 heavy (non-hydrogen) atoms. The first-order chi connectivity index (χ1) is 12.9. The highest BCUT2D eigenvalue weighted by atomic mass is 16.5. The summed E-state index contributed by atoms with van der Waals surface area (Å²) in [6, 6.07) is 1.42. The molecule has 3 aliphatic rings. The van der Waals surface area contributed by atoms with Crippen molar-refractivity contribution in [2.45, 2.75) is 70.6 Å². The number of Topliss-reactive ketones (excluding diaryl/α,β-unsaturated/α-hetero) is 1. The second kappa shape index (κ2) is 6.78. The number of aryl methyl sites for hydroxylation is 1. The summed E-state index contributed by atoms with van der Waals surface area (Å²) in [5, 5.41) is 2.83.